The van der Waals surface area contributed by atoms with E-state index in [1.807, 2.05) is 0 Å². The van der Waals surface area contributed by atoms with Gasteiger partial charge in [0.1, 0.15) is 10.1 Å². The molecule has 4 aliphatic carbocycles. The van der Waals surface area contributed by atoms with Crippen molar-refractivity contribution < 1.29 is 42.5 Å². The first kappa shape index (κ1) is 13.3. The van der Waals surface area contributed by atoms with E-state index in [1.165, 1.54) is 0 Å². The first-order valence-corrected chi connectivity index (χ1v) is 6.97. The Bertz CT molecular complexity index is 394. The van der Waals surface area contributed by atoms with E-state index < -0.39 is 14.9 Å². The van der Waals surface area contributed by atoms with Crippen molar-refractivity contribution in [3.63, 3.8) is 0 Å². The van der Waals surface area contributed by atoms with Gasteiger partial charge in [0, 0.05) is 5.54 Å². The molecule has 0 heterocycles. The van der Waals surface area contributed by atoms with Crippen molar-refractivity contribution in [1.82, 2.24) is 0 Å². The standard InChI is InChI=1S/C10H17NO3S.Na/c11-9-2-7-1-8(3-9)5-10(4-7,6-9)15(12,13)14;/h7-8H,1-6,11H2,(H,12,13,14);/q;+1/p-1. The number of hydrogen-bond acceptors (Lipinski definition) is 4. The number of hydrogen-bond donors (Lipinski definition) is 1. The third kappa shape index (κ3) is 1.80. The molecule has 2 N–H and O–H groups in total. The van der Waals surface area contributed by atoms with E-state index in [0.717, 1.165) is 19.3 Å². The second-order valence-electron chi connectivity index (χ2n) is 5.96. The van der Waals surface area contributed by atoms with E-state index >= 15 is 0 Å². The fourth-order valence-electron chi connectivity index (χ4n) is 4.54. The molecule has 0 amide bonds. The Morgan fingerprint density at radius 3 is 2.00 bits per heavy atom. The average molecular weight is 253 g/mol. The van der Waals surface area contributed by atoms with Gasteiger partial charge in [-0.25, -0.2) is 8.42 Å². The largest absolute Gasteiger partial charge is 1.00 e. The molecule has 0 aromatic carbocycles. The van der Waals surface area contributed by atoms with Gasteiger partial charge in [0.25, 0.3) is 0 Å². The van der Waals surface area contributed by atoms with Gasteiger partial charge in [0.2, 0.25) is 0 Å². The Hall–Kier alpha value is 0.870. The minimum Gasteiger partial charge on any atom is -0.748 e. The van der Waals surface area contributed by atoms with Crippen LogP contribution in [0.15, 0.2) is 0 Å². The van der Waals surface area contributed by atoms with E-state index in [0.29, 0.717) is 31.1 Å². The van der Waals surface area contributed by atoms with Gasteiger partial charge < -0.3 is 10.3 Å². The maximum absolute atomic E-state index is 11.4. The van der Waals surface area contributed by atoms with Crippen molar-refractivity contribution >= 4 is 10.1 Å². The monoisotopic (exact) mass is 253 g/mol. The Morgan fingerprint density at radius 2 is 1.62 bits per heavy atom. The smallest absolute Gasteiger partial charge is 0.748 e. The molecule has 4 saturated carbocycles. The zero-order valence-electron chi connectivity index (χ0n) is 9.61. The van der Waals surface area contributed by atoms with Crippen molar-refractivity contribution in [3.05, 3.63) is 0 Å². The van der Waals surface area contributed by atoms with Gasteiger partial charge in [-0.05, 0) is 50.4 Å². The zero-order chi connectivity index (χ0) is 10.9. The second-order valence-corrected chi connectivity index (χ2v) is 7.73. The van der Waals surface area contributed by atoms with Gasteiger partial charge in [-0.3, -0.25) is 0 Å². The Labute approximate surface area is 118 Å². The predicted molar refractivity (Wildman–Crippen MR) is 54.0 cm³/mol. The van der Waals surface area contributed by atoms with Gasteiger partial charge >= 0.3 is 29.6 Å². The molecule has 86 valence electrons. The van der Waals surface area contributed by atoms with Gasteiger partial charge in [-0.15, -0.1) is 0 Å². The summed E-state index contributed by atoms with van der Waals surface area (Å²) in [4.78, 5) is 0. The van der Waals surface area contributed by atoms with Crippen LogP contribution in [-0.4, -0.2) is 23.3 Å². The molecule has 4 fully saturated rings. The number of rotatable bonds is 1. The van der Waals surface area contributed by atoms with E-state index in [2.05, 4.69) is 0 Å². The summed E-state index contributed by atoms with van der Waals surface area (Å²) in [6.45, 7) is 0. The zero-order valence-corrected chi connectivity index (χ0v) is 12.4. The fraction of sp³-hybridized carbons (Fsp3) is 1.00. The summed E-state index contributed by atoms with van der Waals surface area (Å²) in [6.07, 6.45) is 4.44. The summed E-state index contributed by atoms with van der Waals surface area (Å²) in [5.41, 5.74) is 5.84. The Kier molecular flexibility index (Phi) is 3.06. The molecule has 0 radical (unpaired) electrons. The van der Waals surface area contributed by atoms with E-state index in [4.69, 9.17) is 5.73 Å². The SMILES string of the molecule is NC12CC3CC(C1)CC(S(=O)(=O)[O-])(C3)C2.[Na+]. The molecule has 6 heteroatoms. The molecular weight excluding hydrogens is 237 g/mol. The topological polar surface area (TPSA) is 83.2 Å². The Morgan fingerprint density at radius 1 is 1.12 bits per heavy atom. The van der Waals surface area contributed by atoms with Crippen LogP contribution in [0.3, 0.4) is 0 Å². The molecule has 2 unspecified atom stereocenters. The summed E-state index contributed by atoms with van der Waals surface area (Å²) < 4.78 is 33.2. The van der Waals surface area contributed by atoms with E-state index in [-0.39, 0.29) is 35.1 Å². The van der Waals surface area contributed by atoms with E-state index in [9.17, 15) is 13.0 Å². The first-order valence-electron chi connectivity index (χ1n) is 5.56. The summed E-state index contributed by atoms with van der Waals surface area (Å²) in [7, 11) is -4.19. The molecule has 0 aliphatic heterocycles. The molecular formula is C10H16NNaO3S. The molecule has 2 atom stereocenters. The van der Waals surface area contributed by atoms with Crippen molar-refractivity contribution in [2.75, 3.05) is 0 Å². The van der Waals surface area contributed by atoms with Gasteiger partial charge in [-0.1, -0.05) is 0 Å². The minimum absolute atomic E-state index is 0. The molecule has 4 bridgehead atoms. The van der Waals surface area contributed by atoms with Crippen molar-refractivity contribution in [1.29, 1.82) is 0 Å². The molecule has 0 saturated heterocycles. The fourth-order valence-corrected chi connectivity index (χ4v) is 5.88. The van der Waals surface area contributed by atoms with Crippen LogP contribution in [0.5, 0.6) is 0 Å². The molecule has 4 nitrogen and oxygen atoms in total. The first-order chi connectivity index (χ1) is 6.82. The van der Waals surface area contributed by atoms with Gasteiger partial charge in [-0.2, -0.15) is 0 Å². The molecule has 4 rings (SSSR count). The summed E-state index contributed by atoms with van der Waals surface area (Å²) in [6, 6.07) is 0. The van der Waals surface area contributed by atoms with Crippen LogP contribution in [0.4, 0.5) is 0 Å². The third-order valence-corrected chi connectivity index (χ3v) is 6.12. The van der Waals surface area contributed by atoms with Crippen LogP contribution in [0.1, 0.15) is 38.5 Å². The number of nitrogens with two attached hydrogens (primary N) is 1. The molecule has 0 aromatic heterocycles. The molecule has 4 aliphatic rings. The van der Waals surface area contributed by atoms with Crippen LogP contribution < -0.4 is 35.3 Å². The van der Waals surface area contributed by atoms with Crippen molar-refractivity contribution in [3.8, 4) is 0 Å². The van der Waals surface area contributed by atoms with Gasteiger partial charge in [0.15, 0.2) is 0 Å². The van der Waals surface area contributed by atoms with Crippen LogP contribution in [0.2, 0.25) is 0 Å². The van der Waals surface area contributed by atoms with E-state index in [1.54, 1.807) is 0 Å². The predicted octanol–water partition coefficient (Wildman–Crippen LogP) is -2.41. The van der Waals surface area contributed by atoms with Gasteiger partial charge in [0.05, 0.1) is 4.75 Å². The molecule has 0 aromatic rings. The molecule has 16 heavy (non-hydrogen) atoms. The van der Waals surface area contributed by atoms with Crippen LogP contribution in [-0.2, 0) is 10.1 Å². The molecule has 0 spiro atoms. The third-order valence-electron chi connectivity index (χ3n) is 4.58. The normalized spacial score (nSPS) is 50.1. The average Bonchev–Trinajstić information content (AvgIpc) is 1.95. The Balaban J connectivity index is 0.000000963. The second kappa shape index (κ2) is 3.68. The maximum Gasteiger partial charge on any atom is 1.00 e. The van der Waals surface area contributed by atoms with Crippen LogP contribution in [0.25, 0.3) is 0 Å². The van der Waals surface area contributed by atoms with Crippen LogP contribution in [0, 0.1) is 11.8 Å². The summed E-state index contributed by atoms with van der Waals surface area (Å²) >= 11 is 0. The quantitative estimate of drug-likeness (QED) is 0.416. The summed E-state index contributed by atoms with van der Waals surface area (Å²) in [5, 5.41) is 0. The van der Waals surface area contributed by atoms with Crippen LogP contribution >= 0.6 is 0 Å². The van der Waals surface area contributed by atoms with Crippen molar-refractivity contribution in [2.45, 2.75) is 48.8 Å². The summed E-state index contributed by atoms with van der Waals surface area (Å²) in [5.74, 6) is 0.750. The maximum atomic E-state index is 11.4. The minimum atomic E-state index is -4.19. The van der Waals surface area contributed by atoms with Crippen molar-refractivity contribution in [2.24, 2.45) is 17.6 Å².